The molecule has 18 heavy (non-hydrogen) atoms. The second-order valence-electron chi connectivity index (χ2n) is 4.49. The fourth-order valence-electron chi connectivity index (χ4n) is 1.67. The number of rotatable bonds is 5. The van der Waals surface area contributed by atoms with E-state index < -0.39 is 5.38 Å². The van der Waals surface area contributed by atoms with Gasteiger partial charge in [0.15, 0.2) is 0 Å². The summed E-state index contributed by atoms with van der Waals surface area (Å²) in [5.74, 6) is 0.779. The molecule has 0 spiro atoms. The van der Waals surface area contributed by atoms with Crippen LogP contribution in [-0.2, 0) is 4.79 Å². The van der Waals surface area contributed by atoms with E-state index in [4.69, 9.17) is 16.3 Å². The minimum Gasteiger partial charge on any atom is -0.491 e. The molecule has 4 heteroatoms. The van der Waals surface area contributed by atoms with Gasteiger partial charge in [-0.2, -0.15) is 0 Å². The van der Waals surface area contributed by atoms with E-state index in [1.807, 2.05) is 26.0 Å². The molecule has 1 rings (SSSR count). The van der Waals surface area contributed by atoms with Crippen molar-refractivity contribution in [3.8, 4) is 5.75 Å². The second-order valence-corrected chi connectivity index (χ2v) is 5.15. The Balaban J connectivity index is 2.44. The molecule has 100 valence electrons. The molecule has 1 aromatic rings. The maximum absolute atomic E-state index is 11.5. The molecule has 3 nitrogen and oxygen atoms in total. The lowest BCUT2D eigenvalue weighted by Gasteiger charge is -2.19. The zero-order valence-corrected chi connectivity index (χ0v) is 12.1. The van der Waals surface area contributed by atoms with E-state index in [9.17, 15) is 4.79 Å². The van der Waals surface area contributed by atoms with Gasteiger partial charge in [-0.1, -0.05) is 17.7 Å². The maximum atomic E-state index is 11.5. The minimum absolute atomic E-state index is 0.0825. The third-order valence-corrected chi connectivity index (χ3v) is 2.92. The fourth-order valence-corrected chi connectivity index (χ4v) is 1.83. The molecule has 0 aliphatic rings. The molecular formula is C14H20ClNO2. The number of carbonyl (C=O) groups excluding carboxylic acids is 1. The summed E-state index contributed by atoms with van der Waals surface area (Å²) in [5, 5.41) is -0.490. The van der Waals surface area contributed by atoms with Crippen molar-refractivity contribution < 1.29 is 9.53 Å². The van der Waals surface area contributed by atoms with Crippen LogP contribution < -0.4 is 4.74 Å². The predicted octanol–water partition coefficient (Wildman–Crippen LogP) is 2.77. The SMILES string of the molecule is Cc1ccc(OCCN(C)C(=O)C(C)Cl)c(C)c1. The van der Waals surface area contributed by atoms with E-state index in [0.717, 1.165) is 11.3 Å². The summed E-state index contributed by atoms with van der Waals surface area (Å²) in [6, 6.07) is 6.04. The molecule has 0 radical (unpaired) electrons. The Morgan fingerprint density at radius 3 is 2.67 bits per heavy atom. The van der Waals surface area contributed by atoms with E-state index in [-0.39, 0.29) is 5.91 Å². The average molecular weight is 270 g/mol. The van der Waals surface area contributed by atoms with Crippen molar-refractivity contribution in [2.75, 3.05) is 20.2 Å². The standard InChI is InChI=1S/C14H20ClNO2/c1-10-5-6-13(11(2)9-10)18-8-7-16(4)14(17)12(3)15/h5-6,9,12H,7-8H2,1-4H3. The Labute approximate surface area is 114 Å². The molecule has 0 aliphatic carbocycles. The highest BCUT2D eigenvalue weighted by atomic mass is 35.5. The van der Waals surface area contributed by atoms with E-state index in [2.05, 4.69) is 6.07 Å². The monoisotopic (exact) mass is 269 g/mol. The molecule has 1 atom stereocenters. The molecule has 0 aliphatic heterocycles. The first-order valence-corrected chi connectivity index (χ1v) is 6.44. The van der Waals surface area contributed by atoms with Crippen molar-refractivity contribution in [1.82, 2.24) is 4.90 Å². The lowest BCUT2D eigenvalue weighted by Crippen LogP contribution is -2.35. The lowest BCUT2D eigenvalue weighted by atomic mass is 10.1. The number of benzene rings is 1. The van der Waals surface area contributed by atoms with Crippen LogP contribution in [-0.4, -0.2) is 36.4 Å². The molecule has 0 saturated carbocycles. The normalized spacial score (nSPS) is 12.1. The molecule has 1 aromatic carbocycles. The minimum atomic E-state index is -0.490. The van der Waals surface area contributed by atoms with Gasteiger partial charge in [0.25, 0.3) is 0 Å². The molecule has 0 fully saturated rings. The van der Waals surface area contributed by atoms with Crippen molar-refractivity contribution in [1.29, 1.82) is 0 Å². The predicted molar refractivity (Wildman–Crippen MR) is 74.4 cm³/mol. The van der Waals surface area contributed by atoms with Gasteiger partial charge in [0.05, 0.1) is 6.54 Å². The van der Waals surface area contributed by atoms with Crippen LogP contribution in [0.15, 0.2) is 18.2 Å². The molecule has 0 bridgehead atoms. The van der Waals surface area contributed by atoms with Gasteiger partial charge in [0, 0.05) is 7.05 Å². The second kappa shape index (κ2) is 6.64. The third-order valence-electron chi connectivity index (χ3n) is 2.73. The third kappa shape index (κ3) is 4.22. The van der Waals surface area contributed by atoms with Gasteiger partial charge in [-0.25, -0.2) is 0 Å². The zero-order valence-electron chi connectivity index (χ0n) is 11.4. The van der Waals surface area contributed by atoms with Gasteiger partial charge in [0.2, 0.25) is 5.91 Å². The fraction of sp³-hybridized carbons (Fsp3) is 0.500. The van der Waals surface area contributed by atoms with Gasteiger partial charge in [-0.15, -0.1) is 11.6 Å². The number of nitrogens with zero attached hydrogens (tertiary/aromatic N) is 1. The van der Waals surface area contributed by atoms with Gasteiger partial charge < -0.3 is 9.64 Å². The summed E-state index contributed by atoms with van der Waals surface area (Å²) in [7, 11) is 1.73. The van der Waals surface area contributed by atoms with Crippen LogP contribution >= 0.6 is 11.6 Å². The smallest absolute Gasteiger partial charge is 0.240 e. The van der Waals surface area contributed by atoms with Crippen molar-refractivity contribution >= 4 is 17.5 Å². The topological polar surface area (TPSA) is 29.5 Å². The number of likely N-dealkylation sites (N-methyl/N-ethyl adjacent to an activating group) is 1. The van der Waals surface area contributed by atoms with E-state index in [1.165, 1.54) is 5.56 Å². The van der Waals surface area contributed by atoms with Crippen molar-refractivity contribution in [3.05, 3.63) is 29.3 Å². The number of halogens is 1. The Bertz CT molecular complexity index is 418. The number of aryl methyl sites for hydroxylation is 2. The van der Waals surface area contributed by atoms with E-state index >= 15 is 0 Å². The average Bonchev–Trinajstić information content (AvgIpc) is 2.30. The lowest BCUT2D eigenvalue weighted by molar-refractivity contribution is -0.129. The highest BCUT2D eigenvalue weighted by molar-refractivity contribution is 6.30. The number of hydrogen-bond donors (Lipinski definition) is 0. The van der Waals surface area contributed by atoms with Crippen LogP contribution in [0.3, 0.4) is 0 Å². The Hall–Kier alpha value is -1.22. The Morgan fingerprint density at radius 2 is 2.11 bits per heavy atom. The first kappa shape index (κ1) is 14.8. The van der Waals surface area contributed by atoms with Crippen LogP contribution in [0.2, 0.25) is 0 Å². The Kier molecular flexibility index (Phi) is 5.48. The summed E-state index contributed by atoms with van der Waals surface area (Å²) in [6.45, 7) is 6.73. The van der Waals surface area contributed by atoms with Crippen LogP contribution in [0, 0.1) is 13.8 Å². The summed E-state index contributed by atoms with van der Waals surface area (Å²) < 4.78 is 5.66. The van der Waals surface area contributed by atoms with Gasteiger partial charge in [0.1, 0.15) is 17.7 Å². The quantitative estimate of drug-likeness (QED) is 0.770. The van der Waals surface area contributed by atoms with Crippen LogP contribution in [0.5, 0.6) is 5.75 Å². The number of ether oxygens (including phenoxy) is 1. The highest BCUT2D eigenvalue weighted by Gasteiger charge is 2.14. The van der Waals surface area contributed by atoms with Crippen molar-refractivity contribution in [2.24, 2.45) is 0 Å². The molecule has 1 unspecified atom stereocenters. The molecule has 0 aromatic heterocycles. The maximum Gasteiger partial charge on any atom is 0.240 e. The molecule has 1 amide bonds. The van der Waals surface area contributed by atoms with Crippen LogP contribution in [0.4, 0.5) is 0 Å². The zero-order chi connectivity index (χ0) is 13.7. The number of hydrogen-bond acceptors (Lipinski definition) is 2. The largest absolute Gasteiger partial charge is 0.491 e. The Morgan fingerprint density at radius 1 is 1.44 bits per heavy atom. The molecular weight excluding hydrogens is 250 g/mol. The molecule has 0 saturated heterocycles. The van der Waals surface area contributed by atoms with Crippen molar-refractivity contribution in [2.45, 2.75) is 26.1 Å². The first-order chi connectivity index (χ1) is 8.41. The summed E-state index contributed by atoms with van der Waals surface area (Å²) >= 11 is 5.73. The number of alkyl halides is 1. The van der Waals surface area contributed by atoms with Gasteiger partial charge in [-0.3, -0.25) is 4.79 Å². The van der Waals surface area contributed by atoms with E-state index in [1.54, 1.807) is 18.9 Å². The first-order valence-electron chi connectivity index (χ1n) is 6.01. The number of amides is 1. The van der Waals surface area contributed by atoms with Gasteiger partial charge >= 0.3 is 0 Å². The summed E-state index contributed by atoms with van der Waals surface area (Å²) in [4.78, 5) is 13.1. The number of carbonyl (C=O) groups is 1. The molecule has 0 heterocycles. The molecule has 0 N–H and O–H groups in total. The van der Waals surface area contributed by atoms with Gasteiger partial charge in [-0.05, 0) is 32.4 Å². The van der Waals surface area contributed by atoms with Crippen LogP contribution in [0.25, 0.3) is 0 Å². The van der Waals surface area contributed by atoms with Crippen LogP contribution in [0.1, 0.15) is 18.1 Å². The summed E-state index contributed by atoms with van der Waals surface area (Å²) in [6.07, 6.45) is 0. The van der Waals surface area contributed by atoms with Crippen molar-refractivity contribution in [3.63, 3.8) is 0 Å². The highest BCUT2D eigenvalue weighted by Crippen LogP contribution is 2.18. The summed E-state index contributed by atoms with van der Waals surface area (Å²) in [5.41, 5.74) is 2.32. The van der Waals surface area contributed by atoms with E-state index in [0.29, 0.717) is 13.2 Å².